The first kappa shape index (κ1) is 14.4. The zero-order chi connectivity index (χ0) is 15.5. The van der Waals surface area contributed by atoms with Crippen molar-refractivity contribution in [2.24, 2.45) is 0 Å². The van der Waals surface area contributed by atoms with E-state index in [0.29, 0.717) is 12.1 Å². The lowest BCUT2D eigenvalue weighted by atomic mass is 10.1. The lowest BCUT2D eigenvalue weighted by Gasteiger charge is -2.06. The van der Waals surface area contributed by atoms with Crippen molar-refractivity contribution in [3.8, 4) is 0 Å². The van der Waals surface area contributed by atoms with Crippen LogP contribution in [0.15, 0.2) is 48.7 Å². The fourth-order valence-corrected chi connectivity index (χ4v) is 2.57. The van der Waals surface area contributed by atoms with E-state index in [1.54, 1.807) is 6.07 Å². The standard InChI is InChI=1S/C18H18N2O2/c1-12-5-6-16-14(10-19-17(16)7-12)9-18(22)20-15-4-2-3-13(8-15)11-21/h2-8,10,19,21H,9,11H2,1H3,(H,20,22). The molecule has 4 nitrogen and oxygen atoms in total. The predicted octanol–water partition coefficient (Wildman–Crippen LogP) is 3.15. The number of rotatable bonds is 4. The SMILES string of the molecule is Cc1ccc2c(CC(=O)Nc3cccc(CO)c3)c[nH]c2c1. The number of hydrogen-bond donors (Lipinski definition) is 3. The first-order valence-corrected chi connectivity index (χ1v) is 7.22. The van der Waals surface area contributed by atoms with Crippen LogP contribution >= 0.6 is 0 Å². The number of benzene rings is 2. The van der Waals surface area contributed by atoms with Gasteiger partial charge in [0.15, 0.2) is 0 Å². The van der Waals surface area contributed by atoms with E-state index in [1.165, 1.54) is 5.56 Å². The van der Waals surface area contributed by atoms with Gasteiger partial charge >= 0.3 is 0 Å². The maximum absolute atomic E-state index is 12.2. The molecule has 0 bridgehead atoms. The molecule has 0 saturated heterocycles. The number of hydrogen-bond acceptors (Lipinski definition) is 2. The fraction of sp³-hybridized carbons (Fsp3) is 0.167. The average Bonchev–Trinajstić information content (AvgIpc) is 2.89. The number of aryl methyl sites for hydroxylation is 1. The number of H-pyrrole nitrogens is 1. The summed E-state index contributed by atoms with van der Waals surface area (Å²) in [4.78, 5) is 15.4. The number of amides is 1. The van der Waals surface area contributed by atoms with Gasteiger partial charge in [-0.2, -0.15) is 0 Å². The summed E-state index contributed by atoms with van der Waals surface area (Å²) in [5.74, 6) is -0.0726. The highest BCUT2D eigenvalue weighted by Gasteiger charge is 2.09. The molecule has 3 N–H and O–H groups in total. The largest absolute Gasteiger partial charge is 0.392 e. The molecule has 0 radical (unpaired) electrons. The van der Waals surface area contributed by atoms with Crippen molar-refractivity contribution in [3.63, 3.8) is 0 Å². The van der Waals surface area contributed by atoms with Crippen LogP contribution in [0.5, 0.6) is 0 Å². The Balaban J connectivity index is 1.75. The summed E-state index contributed by atoms with van der Waals surface area (Å²) in [6, 6.07) is 13.4. The maximum atomic E-state index is 12.2. The molecule has 0 unspecified atom stereocenters. The van der Waals surface area contributed by atoms with Crippen molar-refractivity contribution in [2.45, 2.75) is 20.0 Å². The van der Waals surface area contributed by atoms with E-state index in [4.69, 9.17) is 5.11 Å². The van der Waals surface area contributed by atoms with E-state index >= 15 is 0 Å². The van der Waals surface area contributed by atoms with E-state index in [0.717, 1.165) is 22.0 Å². The molecule has 1 aromatic heterocycles. The van der Waals surface area contributed by atoms with Gasteiger partial charge in [-0.1, -0.05) is 24.3 Å². The molecule has 0 spiro atoms. The molecule has 0 aliphatic rings. The van der Waals surface area contributed by atoms with Crippen LogP contribution in [0.2, 0.25) is 0 Å². The summed E-state index contributed by atoms with van der Waals surface area (Å²) in [5.41, 5.74) is 4.69. The second kappa shape index (κ2) is 6.03. The van der Waals surface area contributed by atoms with Gasteiger partial charge in [0.05, 0.1) is 13.0 Å². The molecule has 0 aliphatic carbocycles. The predicted molar refractivity (Wildman–Crippen MR) is 87.7 cm³/mol. The highest BCUT2D eigenvalue weighted by atomic mass is 16.3. The first-order chi connectivity index (χ1) is 10.7. The van der Waals surface area contributed by atoms with Crippen LogP contribution < -0.4 is 5.32 Å². The number of fused-ring (bicyclic) bond motifs is 1. The summed E-state index contributed by atoms with van der Waals surface area (Å²) in [7, 11) is 0. The number of carbonyl (C=O) groups excluding carboxylic acids is 1. The molecule has 1 amide bonds. The van der Waals surface area contributed by atoms with Gasteiger partial charge in [0.2, 0.25) is 5.91 Å². The fourth-order valence-electron chi connectivity index (χ4n) is 2.57. The number of aromatic nitrogens is 1. The number of anilines is 1. The molecule has 3 rings (SSSR count). The van der Waals surface area contributed by atoms with Crippen LogP contribution in [0.4, 0.5) is 5.69 Å². The van der Waals surface area contributed by atoms with Crippen LogP contribution in [-0.4, -0.2) is 16.0 Å². The molecule has 22 heavy (non-hydrogen) atoms. The van der Waals surface area contributed by atoms with Crippen molar-refractivity contribution in [1.82, 2.24) is 4.98 Å². The maximum Gasteiger partial charge on any atom is 0.228 e. The molecule has 4 heteroatoms. The molecular weight excluding hydrogens is 276 g/mol. The van der Waals surface area contributed by atoms with Crippen LogP contribution in [0.25, 0.3) is 10.9 Å². The monoisotopic (exact) mass is 294 g/mol. The van der Waals surface area contributed by atoms with Crippen molar-refractivity contribution < 1.29 is 9.90 Å². The highest BCUT2D eigenvalue weighted by molar-refractivity contribution is 5.95. The second-order valence-corrected chi connectivity index (χ2v) is 5.45. The van der Waals surface area contributed by atoms with Crippen molar-refractivity contribution in [2.75, 3.05) is 5.32 Å². The minimum Gasteiger partial charge on any atom is -0.392 e. The molecule has 0 saturated carbocycles. The molecule has 3 aromatic rings. The molecule has 2 aromatic carbocycles. The number of aromatic amines is 1. The van der Waals surface area contributed by atoms with Crippen LogP contribution in [0.1, 0.15) is 16.7 Å². The number of aliphatic hydroxyl groups excluding tert-OH is 1. The lowest BCUT2D eigenvalue weighted by molar-refractivity contribution is -0.115. The Morgan fingerprint density at radius 3 is 2.91 bits per heavy atom. The third-order valence-corrected chi connectivity index (χ3v) is 3.67. The van der Waals surface area contributed by atoms with Crippen LogP contribution in [0, 0.1) is 6.92 Å². The Morgan fingerprint density at radius 2 is 2.09 bits per heavy atom. The van der Waals surface area contributed by atoms with Gasteiger partial charge in [-0.3, -0.25) is 4.79 Å². The lowest BCUT2D eigenvalue weighted by Crippen LogP contribution is -2.14. The van der Waals surface area contributed by atoms with Gasteiger partial charge < -0.3 is 15.4 Å². The molecule has 1 heterocycles. The van der Waals surface area contributed by atoms with Crippen molar-refractivity contribution in [3.05, 3.63) is 65.4 Å². The number of nitrogens with one attached hydrogen (secondary N) is 2. The Labute approximate surface area is 128 Å². The molecule has 0 fully saturated rings. The average molecular weight is 294 g/mol. The van der Waals surface area contributed by atoms with E-state index in [1.807, 2.05) is 43.5 Å². The Morgan fingerprint density at radius 1 is 1.23 bits per heavy atom. The van der Waals surface area contributed by atoms with Crippen molar-refractivity contribution >= 4 is 22.5 Å². The van der Waals surface area contributed by atoms with Gasteiger partial charge in [0, 0.05) is 22.8 Å². The Bertz CT molecular complexity index is 821. The minimum atomic E-state index is -0.0726. The highest BCUT2D eigenvalue weighted by Crippen LogP contribution is 2.20. The quantitative estimate of drug-likeness (QED) is 0.692. The smallest absolute Gasteiger partial charge is 0.228 e. The van der Waals surface area contributed by atoms with Gasteiger partial charge in [-0.15, -0.1) is 0 Å². The van der Waals surface area contributed by atoms with Crippen LogP contribution in [0.3, 0.4) is 0 Å². The van der Waals surface area contributed by atoms with Gasteiger partial charge in [-0.05, 0) is 41.8 Å². The van der Waals surface area contributed by atoms with E-state index in [-0.39, 0.29) is 12.5 Å². The molecule has 0 atom stereocenters. The van der Waals surface area contributed by atoms with Gasteiger partial charge in [0.1, 0.15) is 0 Å². The van der Waals surface area contributed by atoms with Gasteiger partial charge in [0.25, 0.3) is 0 Å². The minimum absolute atomic E-state index is 0.0362. The van der Waals surface area contributed by atoms with E-state index in [9.17, 15) is 4.79 Å². The Kier molecular flexibility index (Phi) is 3.94. The summed E-state index contributed by atoms with van der Waals surface area (Å²) in [6.45, 7) is 2.01. The number of carbonyl (C=O) groups is 1. The molecule has 112 valence electrons. The molecule has 0 aliphatic heterocycles. The molecular formula is C18H18N2O2. The Hall–Kier alpha value is -2.59. The zero-order valence-corrected chi connectivity index (χ0v) is 12.4. The van der Waals surface area contributed by atoms with Crippen LogP contribution in [-0.2, 0) is 17.8 Å². The third-order valence-electron chi connectivity index (χ3n) is 3.67. The summed E-state index contributed by atoms with van der Waals surface area (Å²) in [6.07, 6.45) is 2.19. The van der Waals surface area contributed by atoms with Gasteiger partial charge in [-0.25, -0.2) is 0 Å². The summed E-state index contributed by atoms with van der Waals surface area (Å²) in [5, 5.41) is 13.1. The first-order valence-electron chi connectivity index (χ1n) is 7.22. The third kappa shape index (κ3) is 3.02. The second-order valence-electron chi connectivity index (χ2n) is 5.45. The summed E-state index contributed by atoms with van der Waals surface area (Å²) < 4.78 is 0. The van der Waals surface area contributed by atoms with E-state index < -0.39 is 0 Å². The topological polar surface area (TPSA) is 65.1 Å². The summed E-state index contributed by atoms with van der Waals surface area (Å²) >= 11 is 0. The zero-order valence-electron chi connectivity index (χ0n) is 12.4. The van der Waals surface area contributed by atoms with E-state index in [2.05, 4.69) is 16.4 Å². The number of aliphatic hydroxyl groups is 1. The van der Waals surface area contributed by atoms with Crippen molar-refractivity contribution in [1.29, 1.82) is 0 Å². The normalized spacial score (nSPS) is 10.8.